The van der Waals surface area contributed by atoms with Gasteiger partial charge in [-0.3, -0.25) is 0 Å². The summed E-state index contributed by atoms with van der Waals surface area (Å²) in [5, 5.41) is 9.32. The van der Waals surface area contributed by atoms with Crippen LogP contribution in [0.3, 0.4) is 0 Å². The molecule has 0 unspecified atom stereocenters. The SMILES string of the molecule is Cc1cc(SNc2ccncn2)c(F)cc1O. The highest BCUT2D eigenvalue weighted by Gasteiger charge is 2.07. The van der Waals surface area contributed by atoms with Crippen molar-refractivity contribution < 1.29 is 9.50 Å². The average Bonchev–Trinajstić information content (AvgIpc) is 2.33. The normalized spacial score (nSPS) is 10.2. The highest BCUT2D eigenvalue weighted by molar-refractivity contribution is 8.00. The number of phenolic OH excluding ortho intramolecular Hbond substituents is 1. The standard InChI is InChI=1S/C11H10FN3OS/c1-7-4-10(8(12)5-9(7)16)17-15-11-2-3-13-6-14-11/h2-6,16H,1H3,(H,13,14,15). The van der Waals surface area contributed by atoms with Gasteiger partial charge in [0.1, 0.15) is 23.7 Å². The average molecular weight is 251 g/mol. The Morgan fingerprint density at radius 1 is 1.41 bits per heavy atom. The van der Waals surface area contributed by atoms with Gasteiger partial charge in [-0.2, -0.15) is 0 Å². The van der Waals surface area contributed by atoms with Crippen LogP contribution in [0.1, 0.15) is 5.56 Å². The number of aryl methyl sites for hydroxylation is 1. The maximum Gasteiger partial charge on any atom is 0.142 e. The van der Waals surface area contributed by atoms with Crippen molar-refractivity contribution in [2.24, 2.45) is 0 Å². The summed E-state index contributed by atoms with van der Waals surface area (Å²) in [6.45, 7) is 1.71. The summed E-state index contributed by atoms with van der Waals surface area (Å²) in [5.41, 5.74) is 0.624. The number of hydrogen-bond donors (Lipinski definition) is 2. The van der Waals surface area contributed by atoms with E-state index in [2.05, 4.69) is 14.7 Å². The summed E-state index contributed by atoms with van der Waals surface area (Å²) in [7, 11) is 0. The first-order valence-electron chi connectivity index (χ1n) is 4.85. The highest BCUT2D eigenvalue weighted by Crippen LogP contribution is 2.28. The van der Waals surface area contributed by atoms with Gasteiger partial charge in [-0.15, -0.1) is 0 Å². The van der Waals surface area contributed by atoms with Gasteiger partial charge < -0.3 is 9.83 Å². The number of hydrogen-bond acceptors (Lipinski definition) is 5. The Bertz CT molecular complexity index is 522. The number of rotatable bonds is 3. The molecular weight excluding hydrogens is 241 g/mol. The van der Waals surface area contributed by atoms with Crippen molar-refractivity contribution in [3.8, 4) is 5.75 Å². The smallest absolute Gasteiger partial charge is 0.142 e. The third-order valence-corrected chi connectivity index (χ3v) is 2.94. The molecule has 2 aromatic rings. The maximum absolute atomic E-state index is 13.5. The Hall–Kier alpha value is -1.82. The molecule has 0 saturated carbocycles. The third-order valence-electron chi connectivity index (χ3n) is 2.10. The van der Waals surface area contributed by atoms with Crippen LogP contribution in [0.2, 0.25) is 0 Å². The van der Waals surface area contributed by atoms with Crippen LogP contribution in [-0.2, 0) is 0 Å². The van der Waals surface area contributed by atoms with E-state index in [1.807, 2.05) is 0 Å². The quantitative estimate of drug-likeness (QED) is 0.821. The molecule has 0 aliphatic rings. The molecule has 0 aliphatic heterocycles. The molecule has 4 nitrogen and oxygen atoms in total. The van der Waals surface area contributed by atoms with Crippen molar-refractivity contribution in [3.63, 3.8) is 0 Å². The van der Waals surface area contributed by atoms with Crippen LogP contribution < -0.4 is 4.72 Å². The number of anilines is 1. The first-order chi connectivity index (χ1) is 8.16. The molecule has 0 bridgehead atoms. The first-order valence-corrected chi connectivity index (χ1v) is 5.66. The molecule has 2 rings (SSSR count). The Morgan fingerprint density at radius 2 is 2.24 bits per heavy atom. The number of nitrogens with zero attached hydrogens (tertiary/aromatic N) is 2. The lowest BCUT2D eigenvalue weighted by atomic mass is 10.2. The molecule has 1 heterocycles. The minimum absolute atomic E-state index is 0.0473. The molecule has 0 saturated heterocycles. The van der Waals surface area contributed by atoms with E-state index in [-0.39, 0.29) is 5.75 Å². The van der Waals surface area contributed by atoms with Gasteiger partial charge in [-0.25, -0.2) is 14.4 Å². The van der Waals surface area contributed by atoms with E-state index in [9.17, 15) is 9.50 Å². The molecule has 0 amide bonds. The number of phenols is 1. The second-order valence-corrected chi connectivity index (χ2v) is 4.22. The summed E-state index contributed by atoms with van der Waals surface area (Å²) in [5.74, 6) is 0.0728. The van der Waals surface area contributed by atoms with Crippen molar-refractivity contribution in [2.45, 2.75) is 11.8 Å². The van der Waals surface area contributed by atoms with Crippen molar-refractivity contribution in [1.82, 2.24) is 9.97 Å². The van der Waals surface area contributed by atoms with E-state index in [0.717, 1.165) is 18.0 Å². The topological polar surface area (TPSA) is 58.0 Å². The largest absolute Gasteiger partial charge is 0.508 e. The fourth-order valence-corrected chi connectivity index (χ4v) is 1.91. The van der Waals surface area contributed by atoms with Gasteiger partial charge in [0.15, 0.2) is 0 Å². The molecule has 17 heavy (non-hydrogen) atoms. The van der Waals surface area contributed by atoms with Crippen LogP contribution in [-0.4, -0.2) is 15.1 Å². The zero-order valence-electron chi connectivity index (χ0n) is 9.01. The van der Waals surface area contributed by atoms with Crippen molar-refractivity contribution >= 4 is 17.8 Å². The second-order valence-electron chi connectivity index (χ2n) is 3.37. The van der Waals surface area contributed by atoms with Crippen molar-refractivity contribution in [1.29, 1.82) is 0 Å². The Morgan fingerprint density at radius 3 is 2.94 bits per heavy atom. The molecule has 0 aliphatic carbocycles. The fourth-order valence-electron chi connectivity index (χ4n) is 1.18. The number of aromatic hydroxyl groups is 1. The number of benzene rings is 1. The van der Waals surface area contributed by atoms with E-state index >= 15 is 0 Å². The van der Waals surface area contributed by atoms with Crippen molar-refractivity contribution in [2.75, 3.05) is 4.72 Å². The van der Waals surface area contributed by atoms with Crippen LogP contribution in [0.15, 0.2) is 35.6 Å². The zero-order valence-corrected chi connectivity index (χ0v) is 9.83. The summed E-state index contributed by atoms with van der Waals surface area (Å²) in [6, 6.07) is 4.35. The second kappa shape index (κ2) is 5.01. The monoisotopic (exact) mass is 251 g/mol. The van der Waals surface area contributed by atoms with Crippen LogP contribution in [0, 0.1) is 12.7 Å². The molecule has 0 spiro atoms. The predicted molar refractivity (Wildman–Crippen MR) is 64.3 cm³/mol. The molecule has 88 valence electrons. The van der Waals surface area contributed by atoms with Crippen LogP contribution in [0.5, 0.6) is 5.75 Å². The van der Waals surface area contributed by atoms with E-state index < -0.39 is 5.82 Å². The summed E-state index contributed by atoms with van der Waals surface area (Å²) >= 11 is 1.10. The van der Waals surface area contributed by atoms with Gasteiger partial charge in [-0.05, 0) is 36.6 Å². The molecule has 0 fully saturated rings. The number of aromatic nitrogens is 2. The lowest BCUT2D eigenvalue weighted by Gasteiger charge is -2.07. The van der Waals surface area contributed by atoms with E-state index in [0.29, 0.717) is 16.3 Å². The Labute approximate surface area is 102 Å². The van der Waals surface area contributed by atoms with Gasteiger partial charge in [0, 0.05) is 12.3 Å². The minimum atomic E-state index is -0.473. The lowest BCUT2D eigenvalue weighted by Crippen LogP contribution is -1.92. The van der Waals surface area contributed by atoms with Gasteiger partial charge in [0.25, 0.3) is 0 Å². The minimum Gasteiger partial charge on any atom is -0.508 e. The lowest BCUT2D eigenvalue weighted by molar-refractivity contribution is 0.462. The molecular formula is C11H10FN3OS. The van der Waals surface area contributed by atoms with Crippen LogP contribution in [0.4, 0.5) is 10.2 Å². The van der Waals surface area contributed by atoms with E-state index in [4.69, 9.17) is 0 Å². The molecule has 1 aromatic heterocycles. The van der Waals surface area contributed by atoms with E-state index in [1.165, 1.54) is 6.33 Å². The fraction of sp³-hybridized carbons (Fsp3) is 0.0909. The van der Waals surface area contributed by atoms with Gasteiger partial charge in [0.2, 0.25) is 0 Å². The Balaban J connectivity index is 2.12. The zero-order chi connectivity index (χ0) is 12.3. The number of halogens is 1. The predicted octanol–water partition coefficient (Wildman–Crippen LogP) is 2.75. The van der Waals surface area contributed by atoms with Crippen molar-refractivity contribution in [3.05, 3.63) is 42.1 Å². The molecule has 1 aromatic carbocycles. The number of nitrogens with one attached hydrogen (secondary N) is 1. The molecule has 0 radical (unpaired) electrons. The summed E-state index contributed by atoms with van der Waals surface area (Å²) < 4.78 is 16.4. The summed E-state index contributed by atoms with van der Waals surface area (Å²) in [4.78, 5) is 8.13. The highest BCUT2D eigenvalue weighted by atomic mass is 32.2. The molecule has 6 heteroatoms. The third kappa shape index (κ3) is 2.85. The van der Waals surface area contributed by atoms with Gasteiger partial charge in [0.05, 0.1) is 4.90 Å². The van der Waals surface area contributed by atoms with Gasteiger partial charge in [-0.1, -0.05) is 0 Å². The molecule has 2 N–H and O–H groups in total. The van der Waals surface area contributed by atoms with Crippen LogP contribution in [0.25, 0.3) is 0 Å². The van der Waals surface area contributed by atoms with E-state index in [1.54, 1.807) is 25.3 Å². The summed E-state index contributed by atoms with van der Waals surface area (Å²) in [6.07, 6.45) is 3.00. The molecule has 0 atom stereocenters. The maximum atomic E-state index is 13.5. The van der Waals surface area contributed by atoms with Gasteiger partial charge >= 0.3 is 0 Å². The van der Waals surface area contributed by atoms with Crippen LogP contribution >= 0.6 is 11.9 Å². The first kappa shape index (κ1) is 11.7. The Kier molecular flexibility index (Phi) is 3.43.